The molecule has 0 radical (unpaired) electrons. The van der Waals surface area contributed by atoms with E-state index >= 15 is 0 Å². The molecule has 0 atom stereocenters. The molecule has 3 nitrogen and oxygen atoms in total. The second-order valence-corrected chi connectivity index (χ2v) is 5.49. The number of hydrogen-bond acceptors (Lipinski definition) is 2. The Bertz CT molecular complexity index is 400. The van der Waals surface area contributed by atoms with Gasteiger partial charge in [-0.2, -0.15) is 0 Å². The lowest BCUT2D eigenvalue weighted by molar-refractivity contribution is -0.125. The number of benzene rings is 1. The maximum atomic E-state index is 11.9. The van der Waals surface area contributed by atoms with E-state index in [4.69, 9.17) is 0 Å². The summed E-state index contributed by atoms with van der Waals surface area (Å²) >= 11 is 0. The number of amides is 1. The predicted molar refractivity (Wildman–Crippen MR) is 77.6 cm³/mol. The van der Waals surface area contributed by atoms with Gasteiger partial charge in [0.25, 0.3) is 0 Å². The van der Waals surface area contributed by atoms with Crippen molar-refractivity contribution in [2.24, 2.45) is 5.92 Å². The first-order chi connectivity index (χ1) is 8.88. The summed E-state index contributed by atoms with van der Waals surface area (Å²) in [7, 11) is 0. The van der Waals surface area contributed by atoms with Gasteiger partial charge in [-0.05, 0) is 37.8 Å². The molecule has 106 valence electrons. The van der Waals surface area contributed by atoms with E-state index in [-0.39, 0.29) is 11.8 Å². The van der Waals surface area contributed by atoms with Crippen molar-refractivity contribution in [3.05, 3.63) is 35.4 Å². The predicted octanol–water partition coefficient (Wildman–Crippen LogP) is 2.97. The SMILES string of the molecule is CCC(CC)C(=O)NCc1ccc(C(C)(C)O)cc1. The van der Waals surface area contributed by atoms with Crippen LogP contribution in [0, 0.1) is 5.92 Å². The molecule has 0 aromatic heterocycles. The number of carbonyl (C=O) groups is 1. The van der Waals surface area contributed by atoms with E-state index in [9.17, 15) is 9.90 Å². The highest BCUT2D eigenvalue weighted by molar-refractivity contribution is 5.78. The summed E-state index contributed by atoms with van der Waals surface area (Å²) in [5, 5.41) is 12.8. The van der Waals surface area contributed by atoms with E-state index in [1.165, 1.54) is 0 Å². The Hall–Kier alpha value is -1.35. The summed E-state index contributed by atoms with van der Waals surface area (Å²) in [5.41, 5.74) is 1.10. The van der Waals surface area contributed by atoms with Crippen LogP contribution < -0.4 is 5.32 Å². The summed E-state index contributed by atoms with van der Waals surface area (Å²) in [6.07, 6.45) is 1.75. The monoisotopic (exact) mass is 263 g/mol. The average Bonchev–Trinajstić information content (AvgIpc) is 2.37. The van der Waals surface area contributed by atoms with Gasteiger partial charge in [0.15, 0.2) is 0 Å². The fourth-order valence-corrected chi connectivity index (χ4v) is 2.02. The minimum atomic E-state index is -0.822. The summed E-state index contributed by atoms with van der Waals surface area (Å²) < 4.78 is 0. The molecule has 0 aliphatic carbocycles. The number of hydrogen-bond donors (Lipinski definition) is 2. The van der Waals surface area contributed by atoms with Crippen LogP contribution in [0.15, 0.2) is 24.3 Å². The Morgan fingerprint density at radius 2 is 1.74 bits per heavy atom. The lowest BCUT2D eigenvalue weighted by Crippen LogP contribution is -2.29. The molecule has 1 aromatic rings. The Kier molecular flexibility index (Phi) is 5.55. The first-order valence-corrected chi connectivity index (χ1v) is 6.98. The number of aliphatic hydroxyl groups is 1. The van der Waals surface area contributed by atoms with Crippen LogP contribution in [0.3, 0.4) is 0 Å². The van der Waals surface area contributed by atoms with Gasteiger partial charge < -0.3 is 10.4 Å². The van der Waals surface area contributed by atoms with Crippen molar-refractivity contribution < 1.29 is 9.90 Å². The molecule has 0 fully saturated rings. The molecule has 0 aliphatic heterocycles. The topological polar surface area (TPSA) is 49.3 Å². The molecule has 0 heterocycles. The van der Waals surface area contributed by atoms with Crippen molar-refractivity contribution in [3.63, 3.8) is 0 Å². The summed E-state index contributed by atoms with van der Waals surface area (Å²) in [6.45, 7) is 8.13. The maximum absolute atomic E-state index is 11.9. The normalized spacial score (nSPS) is 11.7. The zero-order chi connectivity index (χ0) is 14.5. The third kappa shape index (κ3) is 4.67. The van der Waals surface area contributed by atoms with Crippen molar-refractivity contribution in [1.82, 2.24) is 5.32 Å². The third-order valence-electron chi connectivity index (χ3n) is 3.48. The molecular weight excluding hydrogens is 238 g/mol. The fourth-order valence-electron chi connectivity index (χ4n) is 2.02. The molecule has 0 aliphatic rings. The van der Waals surface area contributed by atoms with Crippen molar-refractivity contribution in [3.8, 4) is 0 Å². The lowest BCUT2D eigenvalue weighted by Gasteiger charge is -2.18. The molecule has 0 saturated heterocycles. The Balaban J connectivity index is 2.57. The highest BCUT2D eigenvalue weighted by Crippen LogP contribution is 2.19. The highest BCUT2D eigenvalue weighted by Gasteiger charge is 2.16. The van der Waals surface area contributed by atoms with E-state index in [0.29, 0.717) is 6.54 Å². The third-order valence-corrected chi connectivity index (χ3v) is 3.48. The highest BCUT2D eigenvalue weighted by atomic mass is 16.3. The first kappa shape index (κ1) is 15.7. The maximum Gasteiger partial charge on any atom is 0.223 e. The van der Waals surface area contributed by atoms with Crippen LogP contribution in [-0.2, 0) is 16.9 Å². The molecule has 3 heteroatoms. The van der Waals surface area contributed by atoms with E-state index in [0.717, 1.165) is 24.0 Å². The Morgan fingerprint density at radius 1 is 1.21 bits per heavy atom. The first-order valence-electron chi connectivity index (χ1n) is 6.98. The van der Waals surface area contributed by atoms with Gasteiger partial charge in [-0.15, -0.1) is 0 Å². The quantitative estimate of drug-likeness (QED) is 0.829. The fraction of sp³-hybridized carbons (Fsp3) is 0.562. The summed E-state index contributed by atoms with van der Waals surface area (Å²) in [4.78, 5) is 11.9. The number of rotatable bonds is 6. The molecule has 1 rings (SSSR count). The van der Waals surface area contributed by atoms with Crippen LogP contribution in [0.5, 0.6) is 0 Å². The van der Waals surface area contributed by atoms with Crippen molar-refractivity contribution in [1.29, 1.82) is 0 Å². The molecule has 0 unspecified atom stereocenters. The molecule has 0 spiro atoms. The standard InChI is InChI=1S/C16H25NO2/c1-5-13(6-2)15(18)17-11-12-7-9-14(10-8-12)16(3,4)19/h7-10,13,19H,5-6,11H2,1-4H3,(H,17,18). The van der Waals surface area contributed by atoms with E-state index < -0.39 is 5.60 Å². The van der Waals surface area contributed by atoms with Crippen LogP contribution in [0.2, 0.25) is 0 Å². The zero-order valence-corrected chi connectivity index (χ0v) is 12.4. The van der Waals surface area contributed by atoms with Gasteiger partial charge >= 0.3 is 0 Å². The van der Waals surface area contributed by atoms with Crippen LogP contribution in [-0.4, -0.2) is 11.0 Å². The van der Waals surface area contributed by atoms with E-state index in [1.54, 1.807) is 13.8 Å². The van der Waals surface area contributed by atoms with Crippen LogP contribution in [0.4, 0.5) is 0 Å². The van der Waals surface area contributed by atoms with Gasteiger partial charge in [0.1, 0.15) is 0 Å². The van der Waals surface area contributed by atoms with Gasteiger partial charge in [0.2, 0.25) is 5.91 Å². The van der Waals surface area contributed by atoms with Crippen LogP contribution in [0.1, 0.15) is 51.7 Å². The van der Waals surface area contributed by atoms with E-state index in [2.05, 4.69) is 5.32 Å². The molecule has 19 heavy (non-hydrogen) atoms. The van der Waals surface area contributed by atoms with Gasteiger partial charge in [0.05, 0.1) is 5.60 Å². The lowest BCUT2D eigenvalue weighted by atomic mass is 9.97. The largest absolute Gasteiger partial charge is 0.386 e. The molecular formula is C16H25NO2. The van der Waals surface area contributed by atoms with Crippen molar-refractivity contribution >= 4 is 5.91 Å². The summed E-state index contributed by atoms with van der Waals surface area (Å²) in [6, 6.07) is 7.69. The van der Waals surface area contributed by atoms with Gasteiger partial charge in [-0.1, -0.05) is 38.1 Å². The molecule has 1 amide bonds. The van der Waals surface area contributed by atoms with Crippen LogP contribution in [0.25, 0.3) is 0 Å². The summed E-state index contributed by atoms with van der Waals surface area (Å²) in [5.74, 6) is 0.229. The molecule has 2 N–H and O–H groups in total. The molecule has 1 aromatic carbocycles. The molecule has 0 bridgehead atoms. The zero-order valence-electron chi connectivity index (χ0n) is 12.4. The minimum Gasteiger partial charge on any atom is -0.386 e. The van der Waals surface area contributed by atoms with Gasteiger partial charge in [0, 0.05) is 12.5 Å². The van der Waals surface area contributed by atoms with Gasteiger partial charge in [-0.3, -0.25) is 4.79 Å². The van der Waals surface area contributed by atoms with E-state index in [1.807, 2.05) is 38.1 Å². The van der Waals surface area contributed by atoms with Crippen molar-refractivity contribution in [2.45, 2.75) is 52.7 Å². The second kappa shape index (κ2) is 6.71. The Morgan fingerprint density at radius 3 is 2.16 bits per heavy atom. The van der Waals surface area contributed by atoms with Gasteiger partial charge in [-0.25, -0.2) is 0 Å². The smallest absolute Gasteiger partial charge is 0.223 e. The molecule has 0 saturated carbocycles. The van der Waals surface area contributed by atoms with Crippen molar-refractivity contribution in [2.75, 3.05) is 0 Å². The minimum absolute atomic E-state index is 0.107. The Labute approximate surface area is 116 Å². The average molecular weight is 263 g/mol. The number of carbonyl (C=O) groups excluding carboxylic acids is 1. The van der Waals surface area contributed by atoms with Crippen LogP contribution >= 0.6 is 0 Å². The number of nitrogens with one attached hydrogen (secondary N) is 1. The second-order valence-electron chi connectivity index (χ2n) is 5.49.